The Kier molecular flexibility index (Phi) is 6.30. The quantitative estimate of drug-likeness (QED) is 0.427. The summed E-state index contributed by atoms with van der Waals surface area (Å²) in [5.74, 6) is 0.596. The number of benzene rings is 2. The maximum atomic E-state index is 13.2. The molecule has 0 spiro atoms. The van der Waals surface area contributed by atoms with Crippen molar-refractivity contribution in [1.82, 2.24) is 24.2 Å². The molecule has 1 aliphatic rings. The first-order valence-electron chi connectivity index (χ1n) is 11.7. The van der Waals surface area contributed by atoms with E-state index in [-0.39, 0.29) is 24.4 Å². The molecule has 8 nitrogen and oxygen atoms in total. The van der Waals surface area contributed by atoms with Gasteiger partial charge in [0.25, 0.3) is 5.56 Å². The molecule has 1 amide bonds. The second-order valence-corrected chi connectivity index (χ2v) is 9.22. The Morgan fingerprint density at radius 1 is 1.00 bits per heavy atom. The monoisotopic (exact) mass is 490 g/mol. The van der Waals surface area contributed by atoms with Crippen LogP contribution < -0.4 is 10.5 Å². The molecule has 4 aromatic rings. The molecule has 1 saturated heterocycles. The molecule has 0 aliphatic carbocycles. The van der Waals surface area contributed by atoms with Gasteiger partial charge in [0.05, 0.1) is 22.6 Å². The van der Waals surface area contributed by atoms with Crippen LogP contribution in [0.5, 0.6) is 0 Å². The van der Waals surface area contributed by atoms with Gasteiger partial charge in [-0.05, 0) is 38.1 Å². The van der Waals surface area contributed by atoms with Crippen LogP contribution >= 0.6 is 11.6 Å². The van der Waals surface area contributed by atoms with Gasteiger partial charge < -0.3 is 9.80 Å². The summed E-state index contributed by atoms with van der Waals surface area (Å²) in [6.07, 6.45) is 1.79. The number of piperazine rings is 1. The van der Waals surface area contributed by atoms with Crippen LogP contribution in [0.4, 0.5) is 5.69 Å². The van der Waals surface area contributed by atoms with Crippen molar-refractivity contribution in [3.63, 3.8) is 0 Å². The lowest BCUT2D eigenvalue weighted by molar-refractivity contribution is -0.131. The second kappa shape index (κ2) is 9.54. The smallest absolute Gasteiger partial charge is 0.264 e. The molecule has 0 N–H and O–H groups in total. The minimum absolute atomic E-state index is 0.0329. The number of hydrogen-bond acceptors (Lipinski definition) is 5. The number of fused-ring (bicyclic) bond motifs is 1. The van der Waals surface area contributed by atoms with E-state index in [9.17, 15) is 9.59 Å². The predicted octanol–water partition coefficient (Wildman–Crippen LogP) is 3.59. The normalized spacial score (nSPS) is 14.0. The first-order valence-corrected chi connectivity index (χ1v) is 12.1. The van der Waals surface area contributed by atoms with Crippen LogP contribution in [0.15, 0.2) is 59.5 Å². The van der Waals surface area contributed by atoms with Crippen molar-refractivity contribution in [2.75, 3.05) is 31.1 Å². The number of amides is 1. The molecule has 0 bridgehead atoms. The van der Waals surface area contributed by atoms with E-state index < -0.39 is 0 Å². The van der Waals surface area contributed by atoms with Crippen LogP contribution in [0.2, 0.25) is 5.02 Å². The number of carbonyl (C=O) groups excluding carboxylic acids is 1. The Bertz CT molecular complexity index is 1430. The maximum Gasteiger partial charge on any atom is 0.264 e. The molecule has 0 saturated carbocycles. The molecule has 0 unspecified atom stereocenters. The second-order valence-electron chi connectivity index (χ2n) is 8.81. The minimum atomic E-state index is -0.179. The molecular formula is C26H27ClN6O2. The molecule has 3 heterocycles. The van der Waals surface area contributed by atoms with Gasteiger partial charge in [-0.2, -0.15) is 5.10 Å². The lowest BCUT2D eigenvalue weighted by Gasteiger charge is -2.36. The van der Waals surface area contributed by atoms with Gasteiger partial charge in [-0.3, -0.25) is 14.2 Å². The van der Waals surface area contributed by atoms with Gasteiger partial charge in [-0.25, -0.2) is 9.67 Å². The topological polar surface area (TPSA) is 76.3 Å². The fraction of sp³-hybridized carbons (Fsp3) is 0.308. The molecule has 1 fully saturated rings. The van der Waals surface area contributed by atoms with E-state index in [0.29, 0.717) is 29.9 Å². The molecular weight excluding hydrogens is 464 g/mol. The number of rotatable bonds is 5. The first-order chi connectivity index (χ1) is 16.9. The van der Waals surface area contributed by atoms with Crippen molar-refractivity contribution < 1.29 is 4.79 Å². The predicted molar refractivity (Wildman–Crippen MR) is 137 cm³/mol. The van der Waals surface area contributed by atoms with Crippen LogP contribution in [-0.2, 0) is 11.3 Å². The summed E-state index contributed by atoms with van der Waals surface area (Å²) in [5.41, 5.74) is 3.33. The van der Waals surface area contributed by atoms with Crippen molar-refractivity contribution in [3.8, 4) is 5.69 Å². The standard InChI is InChI=1S/C26H27ClN6O2/c1-18-7-9-20(10-8-18)33-25-21(17-28-33)26(35)32(19(2)29-25)12-11-24(34)31-15-13-30(14-16-31)23-6-4-3-5-22(23)27/h3-10,17H,11-16H2,1-2H3. The number of para-hydroxylation sites is 1. The number of hydrogen-bond donors (Lipinski definition) is 0. The Morgan fingerprint density at radius 3 is 2.43 bits per heavy atom. The molecule has 5 rings (SSSR count). The molecule has 35 heavy (non-hydrogen) atoms. The van der Waals surface area contributed by atoms with Crippen LogP contribution in [-0.4, -0.2) is 56.3 Å². The van der Waals surface area contributed by atoms with Crippen LogP contribution in [0.1, 0.15) is 17.8 Å². The van der Waals surface area contributed by atoms with Crippen molar-refractivity contribution in [2.45, 2.75) is 26.8 Å². The Morgan fingerprint density at radius 2 is 1.71 bits per heavy atom. The SMILES string of the molecule is Cc1ccc(-n2ncc3c(=O)n(CCC(=O)N4CCN(c5ccccc5Cl)CC4)c(C)nc32)cc1. The minimum Gasteiger partial charge on any atom is -0.367 e. The van der Waals surface area contributed by atoms with Crippen LogP contribution in [0.3, 0.4) is 0 Å². The van der Waals surface area contributed by atoms with Gasteiger partial charge in [0.15, 0.2) is 5.65 Å². The number of aryl methyl sites for hydroxylation is 2. The lowest BCUT2D eigenvalue weighted by atomic mass is 10.2. The molecule has 1 aliphatic heterocycles. The third-order valence-electron chi connectivity index (χ3n) is 6.53. The van der Waals surface area contributed by atoms with E-state index in [2.05, 4.69) is 15.0 Å². The van der Waals surface area contributed by atoms with Crippen LogP contribution in [0.25, 0.3) is 16.7 Å². The van der Waals surface area contributed by atoms with E-state index in [1.165, 1.54) is 0 Å². The number of nitrogens with zero attached hydrogens (tertiary/aromatic N) is 6. The van der Waals surface area contributed by atoms with Crippen molar-refractivity contribution in [1.29, 1.82) is 0 Å². The van der Waals surface area contributed by atoms with E-state index in [1.54, 1.807) is 22.4 Å². The fourth-order valence-corrected chi connectivity index (χ4v) is 4.77. The molecule has 180 valence electrons. The van der Waals surface area contributed by atoms with Gasteiger partial charge in [0, 0.05) is 39.1 Å². The van der Waals surface area contributed by atoms with Gasteiger partial charge in [0.2, 0.25) is 5.91 Å². The molecule has 2 aromatic heterocycles. The van der Waals surface area contributed by atoms with Gasteiger partial charge >= 0.3 is 0 Å². The summed E-state index contributed by atoms with van der Waals surface area (Å²) in [4.78, 5) is 34.8. The molecule has 2 aromatic carbocycles. The Hall–Kier alpha value is -3.65. The average molecular weight is 491 g/mol. The Labute approximate surface area is 208 Å². The number of carbonyl (C=O) groups is 1. The van der Waals surface area contributed by atoms with E-state index >= 15 is 0 Å². The highest BCUT2D eigenvalue weighted by Gasteiger charge is 2.23. The number of anilines is 1. The summed E-state index contributed by atoms with van der Waals surface area (Å²) < 4.78 is 3.25. The number of halogens is 1. The van der Waals surface area contributed by atoms with E-state index in [0.717, 1.165) is 35.1 Å². The van der Waals surface area contributed by atoms with Crippen molar-refractivity contribution in [2.24, 2.45) is 0 Å². The summed E-state index contributed by atoms with van der Waals surface area (Å²) in [6.45, 7) is 6.79. The fourth-order valence-electron chi connectivity index (χ4n) is 4.52. The highest BCUT2D eigenvalue weighted by molar-refractivity contribution is 6.33. The zero-order valence-corrected chi connectivity index (χ0v) is 20.6. The number of aromatic nitrogens is 4. The van der Waals surface area contributed by atoms with Gasteiger partial charge in [-0.15, -0.1) is 0 Å². The summed E-state index contributed by atoms with van der Waals surface area (Å²) in [5, 5.41) is 5.56. The third kappa shape index (κ3) is 4.53. The van der Waals surface area contributed by atoms with Gasteiger partial charge in [0.1, 0.15) is 11.2 Å². The largest absolute Gasteiger partial charge is 0.367 e. The summed E-state index contributed by atoms with van der Waals surface area (Å²) in [6, 6.07) is 15.7. The van der Waals surface area contributed by atoms with Crippen molar-refractivity contribution in [3.05, 3.63) is 81.5 Å². The first kappa shape index (κ1) is 23.1. The highest BCUT2D eigenvalue weighted by Crippen LogP contribution is 2.26. The van der Waals surface area contributed by atoms with Crippen molar-refractivity contribution >= 4 is 34.2 Å². The zero-order chi connectivity index (χ0) is 24.5. The molecule has 9 heteroatoms. The third-order valence-corrected chi connectivity index (χ3v) is 6.85. The average Bonchev–Trinajstić information content (AvgIpc) is 3.28. The van der Waals surface area contributed by atoms with E-state index in [4.69, 9.17) is 11.6 Å². The molecule has 0 radical (unpaired) electrons. The van der Waals surface area contributed by atoms with Gasteiger partial charge in [-0.1, -0.05) is 41.4 Å². The molecule has 0 atom stereocenters. The lowest BCUT2D eigenvalue weighted by Crippen LogP contribution is -2.49. The highest BCUT2D eigenvalue weighted by atomic mass is 35.5. The van der Waals surface area contributed by atoms with Crippen LogP contribution in [0, 0.1) is 13.8 Å². The summed E-state index contributed by atoms with van der Waals surface area (Å²) >= 11 is 6.32. The summed E-state index contributed by atoms with van der Waals surface area (Å²) in [7, 11) is 0. The zero-order valence-electron chi connectivity index (χ0n) is 19.8. The maximum absolute atomic E-state index is 13.2. The van der Waals surface area contributed by atoms with E-state index in [1.807, 2.05) is 60.4 Å². The Balaban J connectivity index is 1.27.